The number of nitrogens with one attached hydrogen (secondary N) is 2. The fraction of sp³-hybridized carbons (Fsp3) is 0.300. The standard InChI is InChI=1S/C10H11N3O3/c1-6(14)11-4-7-2-3-8-10(13-7)16-9(15)5-12-8/h2-3,12H,4-5H2,1H3,(H,11,14). The van der Waals surface area contributed by atoms with Crippen LogP contribution in [-0.4, -0.2) is 23.4 Å². The number of carbonyl (C=O) groups excluding carboxylic acids is 2. The number of hydrogen-bond donors (Lipinski definition) is 2. The summed E-state index contributed by atoms with van der Waals surface area (Å²) in [6, 6.07) is 3.53. The van der Waals surface area contributed by atoms with Gasteiger partial charge in [0.2, 0.25) is 11.8 Å². The summed E-state index contributed by atoms with van der Waals surface area (Å²) in [5.74, 6) is -0.231. The smallest absolute Gasteiger partial charge is 0.332 e. The van der Waals surface area contributed by atoms with Gasteiger partial charge in [-0.15, -0.1) is 0 Å². The average Bonchev–Trinajstić information content (AvgIpc) is 2.25. The van der Waals surface area contributed by atoms with Crippen LogP contribution < -0.4 is 15.4 Å². The number of aromatic nitrogens is 1. The lowest BCUT2D eigenvalue weighted by Crippen LogP contribution is -2.26. The maximum atomic E-state index is 11.0. The number of rotatable bonds is 2. The van der Waals surface area contributed by atoms with Crippen LogP contribution in [0.25, 0.3) is 0 Å². The van der Waals surface area contributed by atoms with E-state index in [9.17, 15) is 9.59 Å². The Kier molecular flexibility index (Phi) is 2.72. The molecule has 0 fully saturated rings. The van der Waals surface area contributed by atoms with Crippen molar-refractivity contribution in [1.29, 1.82) is 0 Å². The van der Waals surface area contributed by atoms with Crippen LogP contribution in [0.4, 0.5) is 5.69 Å². The molecule has 1 aliphatic heterocycles. The molecule has 2 heterocycles. The lowest BCUT2D eigenvalue weighted by atomic mass is 10.3. The first-order chi connectivity index (χ1) is 7.65. The lowest BCUT2D eigenvalue weighted by molar-refractivity contribution is -0.133. The molecule has 0 radical (unpaired) electrons. The fourth-order valence-electron chi connectivity index (χ4n) is 1.32. The minimum Gasteiger partial charge on any atom is -0.404 e. The summed E-state index contributed by atoms with van der Waals surface area (Å²) in [5.41, 5.74) is 1.33. The highest BCUT2D eigenvalue weighted by molar-refractivity contribution is 5.82. The number of carbonyl (C=O) groups is 2. The van der Waals surface area contributed by atoms with Gasteiger partial charge < -0.3 is 15.4 Å². The maximum Gasteiger partial charge on any atom is 0.332 e. The predicted octanol–water partition coefficient (Wildman–Crippen LogP) is 0.0486. The molecule has 0 spiro atoms. The van der Waals surface area contributed by atoms with E-state index in [4.69, 9.17) is 4.74 Å². The summed E-state index contributed by atoms with van der Waals surface area (Å²) in [6.45, 7) is 1.90. The van der Waals surface area contributed by atoms with E-state index in [0.29, 0.717) is 17.9 Å². The van der Waals surface area contributed by atoms with E-state index in [1.165, 1.54) is 6.92 Å². The molecule has 84 valence electrons. The molecule has 1 aliphatic rings. The predicted molar refractivity (Wildman–Crippen MR) is 55.9 cm³/mol. The van der Waals surface area contributed by atoms with E-state index in [1.54, 1.807) is 12.1 Å². The molecular formula is C10H11N3O3. The van der Waals surface area contributed by atoms with Gasteiger partial charge in [0.15, 0.2) is 0 Å². The molecule has 2 N–H and O–H groups in total. The topological polar surface area (TPSA) is 80.3 Å². The van der Waals surface area contributed by atoms with E-state index in [-0.39, 0.29) is 24.3 Å². The van der Waals surface area contributed by atoms with Gasteiger partial charge in [-0.25, -0.2) is 9.78 Å². The van der Waals surface area contributed by atoms with Crippen molar-refractivity contribution in [1.82, 2.24) is 10.3 Å². The maximum absolute atomic E-state index is 11.0. The third-order valence-electron chi connectivity index (χ3n) is 2.07. The summed E-state index contributed by atoms with van der Waals surface area (Å²) in [4.78, 5) is 25.8. The Morgan fingerprint density at radius 2 is 2.44 bits per heavy atom. The SMILES string of the molecule is CC(=O)NCc1ccc2c(n1)OC(=O)CN2. The van der Waals surface area contributed by atoms with Gasteiger partial charge in [0.1, 0.15) is 6.54 Å². The first kappa shape index (κ1) is 10.4. The molecule has 0 bridgehead atoms. The lowest BCUT2D eigenvalue weighted by Gasteiger charge is -2.16. The molecule has 1 aromatic heterocycles. The normalized spacial score (nSPS) is 13.4. The van der Waals surface area contributed by atoms with Gasteiger partial charge in [-0.3, -0.25) is 4.79 Å². The quantitative estimate of drug-likeness (QED) is 0.690. The van der Waals surface area contributed by atoms with Crippen LogP contribution in [0.1, 0.15) is 12.6 Å². The molecule has 1 aromatic rings. The highest BCUT2D eigenvalue weighted by Crippen LogP contribution is 2.24. The van der Waals surface area contributed by atoms with Crippen LogP contribution in [-0.2, 0) is 16.1 Å². The van der Waals surface area contributed by atoms with Gasteiger partial charge >= 0.3 is 5.97 Å². The van der Waals surface area contributed by atoms with E-state index in [2.05, 4.69) is 15.6 Å². The van der Waals surface area contributed by atoms with E-state index >= 15 is 0 Å². The van der Waals surface area contributed by atoms with Crippen LogP contribution >= 0.6 is 0 Å². The zero-order valence-corrected chi connectivity index (χ0v) is 8.74. The van der Waals surface area contributed by atoms with Gasteiger partial charge in [0, 0.05) is 6.92 Å². The summed E-state index contributed by atoms with van der Waals surface area (Å²) < 4.78 is 4.95. The molecule has 6 heteroatoms. The zero-order valence-electron chi connectivity index (χ0n) is 8.74. The number of pyridine rings is 1. The van der Waals surface area contributed by atoms with Crippen molar-refractivity contribution >= 4 is 17.6 Å². The van der Waals surface area contributed by atoms with Crippen molar-refractivity contribution in [2.45, 2.75) is 13.5 Å². The monoisotopic (exact) mass is 221 g/mol. The van der Waals surface area contributed by atoms with Crippen molar-refractivity contribution in [3.8, 4) is 5.88 Å². The van der Waals surface area contributed by atoms with Crippen molar-refractivity contribution in [3.05, 3.63) is 17.8 Å². The van der Waals surface area contributed by atoms with Gasteiger partial charge in [0.05, 0.1) is 17.9 Å². The van der Waals surface area contributed by atoms with Crippen LogP contribution in [0.15, 0.2) is 12.1 Å². The van der Waals surface area contributed by atoms with Crippen LogP contribution in [0.3, 0.4) is 0 Å². The number of anilines is 1. The molecule has 0 aliphatic carbocycles. The van der Waals surface area contributed by atoms with Gasteiger partial charge in [0.25, 0.3) is 0 Å². The Hall–Kier alpha value is -2.11. The van der Waals surface area contributed by atoms with Gasteiger partial charge in [-0.2, -0.15) is 0 Å². The van der Waals surface area contributed by atoms with Crippen LogP contribution in [0.5, 0.6) is 5.88 Å². The van der Waals surface area contributed by atoms with Crippen molar-refractivity contribution in [2.24, 2.45) is 0 Å². The second-order valence-electron chi connectivity index (χ2n) is 3.39. The number of fused-ring (bicyclic) bond motifs is 1. The summed E-state index contributed by atoms with van der Waals surface area (Å²) in [7, 11) is 0. The van der Waals surface area contributed by atoms with Gasteiger partial charge in [-0.1, -0.05) is 0 Å². The Bertz CT molecular complexity index is 445. The van der Waals surface area contributed by atoms with Crippen molar-refractivity contribution < 1.29 is 14.3 Å². The Labute approximate surface area is 92.0 Å². The molecular weight excluding hydrogens is 210 g/mol. The minimum absolute atomic E-state index is 0.130. The summed E-state index contributed by atoms with van der Waals surface area (Å²) >= 11 is 0. The highest BCUT2D eigenvalue weighted by atomic mass is 16.5. The minimum atomic E-state index is -0.364. The van der Waals surface area contributed by atoms with Crippen molar-refractivity contribution in [3.63, 3.8) is 0 Å². The first-order valence-corrected chi connectivity index (χ1v) is 4.84. The molecule has 2 rings (SSSR count). The molecule has 0 aromatic carbocycles. The second kappa shape index (κ2) is 4.18. The number of esters is 1. The molecule has 0 saturated heterocycles. The van der Waals surface area contributed by atoms with Crippen LogP contribution in [0, 0.1) is 0 Å². The van der Waals surface area contributed by atoms with E-state index in [1.807, 2.05) is 0 Å². The van der Waals surface area contributed by atoms with Crippen molar-refractivity contribution in [2.75, 3.05) is 11.9 Å². The Morgan fingerprint density at radius 1 is 1.62 bits per heavy atom. The first-order valence-electron chi connectivity index (χ1n) is 4.84. The molecule has 0 saturated carbocycles. The zero-order chi connectivity index (χ0) is 11.5. The highest BCUT2D eigenvalue weighted by Gasteiger charge is 2.17. The van der Waals surface area contributed by atoms with E-state index in [0.717, 1.165) is 0 Å². The summed E-state index contributed by atoms with van der Waals surface area (Å²) in [6.07, 6.45) is 0. The fourth-order valence-corrected chi connectivity index (χ4v) is 1.32. The number of nitrogens with zero attached hydrogens (tertiary/aromatic N) is 1. The third kappa shape index (κ3) is 2.28. The van der Waals surface area contributed by atoms with E-state index < -0.39 is 0 Å². The number of amides is 1. The average molecular weight is 221 g/mol. The van der Waals surface area contributed by atoms with Crippen LogP contribution in [0.2, 0.25) is 0 Å². The summed E-state index contributed by atoms with van der Waals surface area (Å²) in [5, 5.41) is 5.50. The molecule has 0 unspecified atom stereocenters. The molecule has 1 amide bonds. The second-order valence-corrected chi connectivity index (χ2v) is 3.39. The molecule has 16 heavy (non-hydrogen) atoms. The number of ether oxygens (including phenoxy) is 1. The third-order valence-corrected chi connectivity index (χ3v) is 2.07. The largest absolute Gasteiger partial charge is 0.404 e. The Morgan fingerprint density at radius 3 is 3.19 bits per heavy atom. The molecule has 6 nitrogen and oxygen atoms in total. The number of hydrogen-bond acceptors (Lipinski definition) is 5. The Balaban J connectivity index is 2.14. The molecule has 0 atom stereocenters. The van der Waals surface area contributed by atoms with Gasteiger partial charge in [-0.05, 0) is 12.1 Å².